The van der Waals surface area contributed by atoms with Crippen LogP contribution in [0.15, 0.2) is 11.4 Å². The monoisotopic (exact) mass is 237 g/mol. The maximum absolute atomic E-state index is 8.64. The summed E-state index contributed by atoms with van der Waals surface area (Å²) in [6, 6.07) is 4.58. The fraction of sp³-hybridized carbons (Fsp3) is 0.583. The van der Waals surface area contributed by atoms with E-state index in [0.717, 1.165) is 13.1 Å². The van der Waals surface area contributed by atoms with E-state index < -0.39 is 0 Å². The van der Waals surface area contributed by atoms with Crippen LogP contribution in [0.25, 0.3) is 0 Å². The van der Waals surface area contributed by atoms with Crippen molar-refractivity contribution >= 4 is 11.3 Å². The third kappa shape index (κ3) is 3.05. The van der Waals surface area contributed by atoms with Crippen LogP contribution < -0.4 is 5.73 Å². The normalized spacial score (nSPS) is 12.7. The summed E-state index contributed by atoms with van der Waals surface area (Å²) >= 11 is 1.75. The predicted octanol–water partition coefficient (Wildman–Crippen LogP) is 2.29. The zero-order chi connectivity index (χ0) is 12.0. The molecule has 0 bridgehead atoms. The van der Waals surface area contributed by atoms with E-state index in [4.69, 9.17) is 11.0 Å². The third-order valence-corrected chi connectivity index (χ3v) is 3.91. The number of nitriles is 1. The van der Waals surface area contributed by atoms with Gasteiger partial charge in [-0.3, -0.25) is 4.90 Å². The van der Waals surface area contributed by atoms with Crippen molar-refractivity contribution in [2.75, 3.05) is 19.6 Å². The van der Waals surface area contributed by atoms with Crippen LogP contribution in [0.2, 0.25) is 0 Å². The summed E-state index contributed by atoms with van der Waals surface area (Å²) in [7, 11) is 0. The second kappa shape index (κ2) is 6.64. The summed E-state index contributed by atoms with van der Waals surface area (Å²) in [6.07, 6.45) is 0.564. The molecule has 1 atom stereocenters. The highest BCUT2D eigenvalue weighted by molar-refractivity contribution is 7.10. The van der Waals surface area contributed by atoms with Crippen LogP contribution in [-0.2, 0) is 0 Å². The number of nitrogens with two attached hydrogens (primary N) is 1. The minimum atomic E-state index is 0.262. The Bertz CT molecular complexity index is 353. The standard InChI is InChI=1S/C12H19N3S/c1-3-15(7-4-6-13)11(9-14)12-10(2)5-8-16-12/h5,8,11H,3-4,7,9,14H2,1-2H3. The highest BCUT2D eigenvalue weighted by atomic mass is 32.1. The molecule has 0 aliphatic rings. The molecular weight excluding hydrogens is 218 g/mol. The molecule has 4 heteroatoms. The number of rotatable bonds is 6. The highest BCUT2D eigenvalue weighted by Gasteiger charge is 2.19. The molecule has 0 fully saturated rings. The van der Waals surface area contributed by atoms with Gasteiger partial charge in [0.15, 0.2) is 0 Å². The Hall–Kier alpha value is -0.890. The summed E-state index contributed by atoms with van der Waals surface area (Å²) in [5.41, 5.74) is 7.16. The van der Waals surface area contributed by atoms with Crippen LogP contribution in [0.5, 0.6) is 0 Å². The van der Waals surface area contributed by atoms with Gasteiger partial charge in [-0.25, -0.2) is 0 Å². The lowest BCUT2D eigenvalue weighted by molar-refractivity contribution is 0.219. The number of aryl methyl sites for hydroxylation is 1. The lowest BCUT2D eigenvalue weighted by atomic mass is 10.1. The summed E-state index contributed by atoms with van der Waals surface area (Å²) in [6.45, 7) is 6.57. The molecule has 1 unspecified atom stereocenters. The van der Waals surface area contributed by atoms with Crippen LogP contribution in [-0.4, -0.2) is 24.5 Å². The summed E-state index contributed by atoms with van der Waals surface area (Å²) in [5.74, 6) is 0. The molecule has 2 N–H and O–H groups in total. The van der Waals surface area contributed by atoms with E-state index in [1.54, 1.807) is 11.3 Å². The Morgan fingerprint density at radius 3 is 2.81 bits per heavy atom. The smallest absolute Gasteiger partial charge is 0.0635 e. The molecule has 0 aliphatic heterocycles. The molecule has 1 aromatic heterocycles. The van der Waals surface area contributed by atoms with E-state index in [1.807, 2.05) is 0 Å². The van der Waals surface area contributed by atoms with Gasteiger partial charge in [0.25, 0.3) is 0 Å². The number of hydrogen-bond acceptors (Lipinski definition) is 4. The Balaban J connectivity index is 2.80. The van der Waals surface area contributed by atoms with Crippen LogP contribution in [0.3, 0.4) is 0 Å². The van der Waals surface area contributed by atoms with Crippen LogP contribution in [0, 0.1) is 18.3 Å². The molecule has 0 saturated carbocycles. The van der Waals surface area contributed by atoms with Crippen molar-refractivity contribution in [3.63, 3.8) is 0 Å². The van der Waals surface area contributed by atoms with Crippen LogP contribution in [0.1, 0.15) is 29.8 Å². The topological polar surface area (TPSA) is 53.0 Å². The van der Waals surface area contributed by atoms with E-state index >= 15 is 0 Å². The van der Waals surface area contributed by atoms with Gasteiger partial charge in [0.1, 0.15) is 0 Å². The van der Waals surface area contributed by atoms with Gasteiger partial charge in [-0.1, -0.05) is 6.92 Å². The van der Waals surface area contributed by atoms with Gasteiger partial charge < -0.3 is 5.73 Å². The third-order valence-electron chi connectivity index (χ3n) is 2.79. The first kappa shape index (κ1) is 13.2. The van der Waals surface area contributed by atoms with Crippen molar-refractivity contribution in [3.8, 4) is 6.07 Å². The summed E-state index contributed by atoms with van der Waals surface area (Å²) < 4.78 is 0. The van der Waals surface area contributed by atoms with Crippen molar-refractivity contribution in [3.05, 3.63) is 21.9 Å². The lowest BCUT2D eigenvalue weighted by Crippen LogP contribution is -2.34. The Morgan fingerprint density at radius 2 is 2.38 bits per heavy atom. The van der Waals surface area contributed by atoms with E-state index in [1.165, 1.54) is 10.4 Å². The molecule has 0 amide bonds. The van der Waals surface area contributed by atoms with Gasteiger partial charge >= 0.3 is 0 Å². The average molecular weight is 237 g/mol. The molecule has 3 nitrogen and oxygen atoms in total. The fourth-order valence-corrected chi connectivity index (χ4v) is 2.95. The molecule has 0 radical (unpaired) electrons. The molecular formula is C12H19N3S. The van der Waals surface area contributed by atoms with E-state index in [2.05, 4.69) is 36.3 Å². The van der Waals surface area contributed by atoms with E-state index in [0.29, 0.717) is 13.0 Å². The van der Waals surface area contributed by atoms with Crippen LogP contribution in [0.4, 0.5) is 0 Å². The second-order valence-electron chi connectivity index (χ2n) is 3.76. The average Bonchev–Trinajstić information content (AvgIpc) is 2.71. The molecule has 1 rings (SSSR count). The first-order chi connectivity index (χ1) is 7.74. The van der Waals surface area contributed by atoms with Gasteiger partial charge in [0.05, 0.1) is 12.1 Å². The van der Waals surface area contributed by atoms with Crippen molar-refractivity contribution < 1.29 is 0 Å². The SMILES string of the molecule is CCN(CCC#N)C(CN)c1sccc1C. The molecule has 16 heavy (non-hydrogen) atoms. The molecule has 1 aromatic rings. The quantitative estimate of drug-likeness (QED) is 0.826. The summed E-state index contributed by atoms with van der Waals surface area (Å²) in [5, 5.41) is 10.7. The van der Waals surface area contributed by atoms with Gasteiger partial charge in [-0.2, -0.15) is 5.26 Å². The van der Waals surface area contributed by atoms with Crippen molar-refractivity contribution in [2.45, 2.75) is 26.3 Å². The zero-order valence-electron chi connectivity index (χ0n) is 9.94. The molecule has 0 spiro atoms. The summed E-state index contributed by atoms with van der Waals surface area (Å²) in [4.78, 5) is 3.62. The Labute approximate surface area is 101 Å². The van der Waals surface area contributed by atoms with Crippen LogP contribution >= 0.6 is 11.3 Å². The first-order valence-corrected chi connectivity index (χ1v) is 6.47. The second-order valence-corrected chi connectivity index (χ2v) is 4.70. The van der Waals surface area contributed by atoms with E-state index in [9.17, 15) is 0 Å². The van der Waals surface area contributed by atoms with Crippen molar-refractivity contribution in [1.82, 2.24) is 4.90 Å². The number of nitrogens with zero attached hydrogens (tertiary/aromatic N) is 2. The van der Waals surface area contributed by atoms with Gasteiger partial charge in [-0.15, -0.1) is 11.3 Å². The van der Waals surface area contributed by atoms with Crippen molar-refractivity contribution in [2.24, 2.45) is 5.73 Å². The number of thiophene rings is 1. The Morgan fingerprint density at radius 1 is 1.62 bits per heavy atom. The molecule has 0 aliphatic carbocycles. The number of likely N-dealkylation sites (N-methyl/N-ethyl adjacent to an activating group) is 1. The minimum Gasteiger partial charge on any atom is -0.329 e. The van der Waals surface area contributed by atoms with Crippen molar-refractivity contribution in [1.29, 1.82) is 5.26 Å². The lowest BCUT2D eigenvalue weighted by Gasteiger charge is -2.28. The van der Waals surface area contributed by atoms with Gasteiger partial charge in [-0.05, 0) is 30.5 Å². The maximum Gasteiger partial charge on any atom is 0.0635 e. The molecule has 88 valence electrons. The van der Waals surface area contributed by atoms with E-state index in [-0.39, 0.29) is 6.04 Å². The highest BCUT2D eigenvalue weighted by Crippen LogP contribution is 2.27. The van der Waals surface area contributed by atoms with Gasteiger partial charge in [0.2, 0.25) is 0 Å². The maximum atomic E-state index is 8.64. The van der Waals surface area contributed by atoms with Gasteiger partial charge in [0, 0.05) is 24.4 Å². The largest absolute Gasteiger partial charge is 0.329 e. The predicted molar refractivity (Wildman–Crippen MR) is 68.3 cm³/mol. The number of hydrogen-bond donors (Lipinski definition) is 1. The molecule has 0 saturated heterocycles. The Kier molecular flexibility index (Phi) is 5.47. The zero-order valence-corrected chi connectivity index (χ0v) is 10.8. The fourth-order valence-electron chi connectivity index (χ4n) is 1.88. The molecule has 1 heterocycles. The first-order valence-electron chi connectivity index (χ1n) is 5.59. The minimum absolute atomic E-state index is 0.262. The molecule has 0 aromatic carbocycles.